The summed E-state index contributed by atoms with van der Waals surface area (Å²) in [4.78, 5) is 2.43. The Kier molecular flexibility index (Phi) is 6.00. The van der Waals surface area contributed by atoms with Crippen LogP contribution in [0.2, 0.25) is 0 Å². The first-order valence-corrected chi connectivity index (χ1v) is 7.35. The van der Waals surface area contributed by atoms with Crippen molar-refractivity contribution in [3.63, 3.8) is 0 Å². The monoisotopic (exact) mass is 273 g/mol. The third-order valence-electron chi connectivity index (χ3n) is 3.70. The second kappa shape index (κ2) is 8.01. The van der Waals surface area contributed by atoms with Crippen molar-refractivity contribution in [3.05, 3.63) is 35.4 Å². The van der Waals surface area contributed by atoms with Gasteiger partial charge in [-0.15, -0.1) is 0 Å². The highest BCUT2D eigenvalue weighted by molar-refractivity contribution is 5.32. The fourth-order valence-electron chi connectivity index (χ4n) is 2.56. The molecule has 1 fully saturated rings. The van der Waals surface area contributed by atoms with E-state index in [1.165, 1.54) is 5.56 Å². The molecule has 1 saturated heterocycles. The van der Waals surface area contributed by atoms with E-state index in [1.807, 2.05) is 18.2 Å². The van der Waals surface area contributed by atoms with Crippen molar-refractivity contribution in [2.45, 2.75) is 31.9 Å². The van der Waals surface area contributed by atoms with Crippen molar-refractivity contribution in [1.82, 2.24) is 4.90 Å². The number of nitrogens with zero attached hydrogens (tertiary/aromatic N) is 2. The largest absolute Gasteiger partial charge is 0.378 e. The lowest BCUT2D eigenvalue weighted by atomic mass is 10.1. The minimum absolute atomic E-state index is 0.392. The van der Waals surface area contributed by atoms with Gasteiger partial charge >= 0.3 is 0 Å². The van der Waals surface area contributed by atoms with Gasteiger partial charge in [0, 0.05) is 26.2 Å². The van der Waals surface area contributed by atoms with Crippen LogP contribution in [0, 0.1) is 11.3 Å². The molecule has 20 heavy (non-hydrogen) atoms. The molecular formula is C16H23N3O. The first kappa shape index (κ1) is 15.0. The smallest absolute Gasteiger partial charge is 0.0991 e. The van der Waals surface area contributed by atoms with Crippen LogP contribution in [0.1, 0.15) is 30.4 Å². The predicted molar refractivity (Wildman–Crippen MR) is 79.1 cm³/mol. The molecule has 0 bridgehead atoms. The first-order valence-electron chi connectivity index (χ1n) is 7.35. The molecule has 0 aliphatic carbocycles. The van der Waals surface area contributed by atoms with Crippen LogP contribution in [-0.4, -0.2) is 37.2 Å². The van der Waals surface area contributed by atoms with Crippen LogP contribution in [0.15, 0.2) is 24.3 Å². The summed E-state index contributed by atoms with van der Waals surface area (Å²) < 4.78 is 5.81. The summed E-state index contributed by atoms with van der Waals surface area (Å²) in [6.45, 7) is 4.53. The van der Waals surface area contributed by atoms with E-state index in [1.54, 1.807) is 0 Å². The summed E-state index contributed by atoms with van der Waals surface area (Å²) in [6, 6.07) is 10.1. The molecule has 108 valence electrons. The Morgan fingerprint density at radius 3 is 2.85 bits per heavy atom. The van der Waals surface area contributed by atoms with Gasteiger partial charge in [0.25, 0.3) is 0 Å². The molecular weight excluding hydrogens is 250 g/mol. The Balaban J connectivity index is 1.75. The zero-order valence-electron chi connectivity index (χ0n) is 11.9. The summed E-state index contributed by atoms with van der Waals surface area (Å²) in [5.74, 6) is 0. The molecule has 0 unspecified atom stereocenters. The van der Waals surface area contributed by atoms with Crippen LogP contribution in [0.25, 0.3) is 0 Å². The van der Waals surface area contributed by atoms with Gasteiger partial charge in [-0.2, -0.15) is 5.26 Å². The molecule has 0 radical (unpaired) electrons. The normalized spacial score (nSPS) is 17.0. The molecule has 0 saturated carbocycles. The number of hydrogen-bond acceptors (Lipinski definition) is 4. The van der Waals surface area contributed by atoms with Gasteiger partial charge < -0.3 is 10.5 Å². The summed E-state index contributed by atoms with van der Waals surface area (Å²) in [5.41, 5.74) is 7.42. The minimum Gasteiger partial charge on any atom is -0.378 e. The van der Waals surface area contributed by atoms with Gasteiger partial charge in [0.15, 0.2) is 0 Å². The van der Waals surface area contributed by atoms with Crippen molar-refractivity contribution < 1.29 is 4.74 Å². The molecule has 0 atom stereocenters. The van der Waals surface area contributed by atoms with Crippen LogP contribution in [0.4, 0.5) is 0 Å². The summed E-state index contributed by atoms with van der Waals surface area (Å²) in [5, 5.41) is 8.92. The number of nitriles is 1. The number of benzene rings is 1. The third-order valence-corrected chi connectivity index (χ3v) is 3.70. The Hall–Kier alpha value is -1.41. The second-order valence-electron chi connectivity index (χ2n) is 5.30. The number of rotatable bonds is 6. The Labute approximate surface area is 121 Å². The number of ether oxygens (including phenoxy) is 1. The summed E-state index contributed by atoms with van der Waals surface area (Å²) >= 11 is 0. The average Bonchev–Trinajstić information content (AvgIpc) is 2.49. The van der Waals surface area contributed by atoms with Crippen molar-refractivity contribution in [2.24, 2.45) is 5.73 Å². The van der Waals surface area contributed by atoms with Gasteiger partial charge in [-0.05, 0) is 43.5 Å². The molecule has 1 aliphatic rings. The molecule has 4 heteroatoms. The Morgan fingerprint density at radius 1 is 1.35 bits per heavy atom. The van der Waals surface area contributed by atoms with E-state index < -0.39 is 0 Å². The minimum atomic E-state index is 0.392. The Bertz CT molecular complexity index is 447. The summed E-state index contributed by atoms with van der Waals surface area (Å²) in [6.07, 6.45) is 3.51. The standard InChI is InChI=1S/C16H23N3O/c17-7-2-10-20-16-5-8-19(9-6-16)13-15-4-1-3-14(11-15)12-18/h1,3-4,11,16H,2,5-10,13,17H2. The van der Waals surface area contributed by atoms with E-state index in [0.29, 0.717) is 12.6 Å². The van der Waals surface area contributed by atoms with Crippen molar-refractivity contribution in [1.29, 1.82) is 5.26 Å². The van der Waals surface area contributed by atoms with Gasteiger partial charge in [-0.3, -0.25) is 4.90 Å². The lowest BCUT2D eigenvalue weighted by molar-refractivity contribution is 0.00563. The van der Waals surface area contributed by atoms with E-state index in [0.717, 1.165) is 51.1 Å². The van der Waals surface area contributed by atoms with Crippen LogP contribution in [-0.2, 0) is 11.3 Å². The molecule has 1 aliphatic heterocycles. The van der Waals surface area contributed by atoms with Crippen molar-refractivity contribution in [2.75, 3.05) is 26.2 Å². The van der Waals surface area contributed by atoms with Crippen LogP contribution >= 0.6 is 0 Å². The van der Waals surface area contributed by atoms with Crippen LogP contribution in [0.3, 0.4) is 0 Å². The molecule has 1 heterocycles. The highest BCUT2D eigenvalue weighted by Gasteiger charge is 2.19. The van der Waals surface area contributed by atoms with Gasteiger partial charge in [-0.1, -0.05) is 12.1 Å². The molecule has 2 N–H and O–H groups in total. The number of likely N-dealkylation sites (tertiary alicyclic amines) is 1. The number of nitrogens with two attached hydrogens (primary N) is 1. The maximum absolute atomic E-state index is 8.92. The van der Waals surface area contributed by atoms with Crippen LogP contribution in [0.5, 0.6) is 0 Å². The van der Waals surface area contributed by atoms with E-state index in [-0.39, 0.29) is 0 Å². The predicted octanol–water partition coefficient (Wildman–Crippen LogP) is 1.89. The number of piperidine rings is 1. The average molecular weight is 273 g/mol. The number of hydrogen-bond donors (Lipinski definition) is 1. The Morgan fingerprint density at radius 2 is 2.15 bits per heavy atom. The van der Waals surface area contributed by atoms with Crippen LogP contribution < -0.4 is 5.73 Å². The molecule has 2 rings (SSSR count). The van der Waals surface area contributed by atoms with Crippen molar-refractivity contribution >= 4 is 0 Å². The maximum Gasteiger partial charge on any atom is 0.0991 e. The highest BCUT2D eigenvalue weighted by Crippen LogP contribution is 2.17. The highest BCUT2D eigenvalue weighted by atomic mass is 16.5. The third kappa shape index (κ3) is 4.61. The fourth-order valence-corrected chi connectivity index (χ4v) is 2.56. The van der Waals surface area contributed by atoms with Gasteiger partial charge in [0.05, 0.1) is 17.7 Å². The van der Waals surface area contributed by atoms with E-state index >= 15 is 0 Å². The zero-order valence-corrected chi connectivity index (χ0v) is 11.9. The first-order chi connectivity index (χ1) is 9.81. The van der Waals surface area contributed by atoms with E-state index in [4.69, 9.17) is 15.7 Å². The van der Waals surface area contributed by atoms with Gasteiger partial charge in [0.1, 0.15) is 0 Å². The SMILES string of the molecule is N#Cc1cccc(CN2CCC(OCCCN)CC2)c1. The quantitative estimate of drug-likeness (QED) is 0.804. The molecule has 0 amide bonds. The fraction of sp³-hybridized carbons (Fsp3) is 0.562. The van der Waals surface area contributed by atoms with Gasteiger partial charge in [0.2, 0.25) is 0 Å². The zero-order chi connectivity index (χ0) is 14.2. The maximum atomic E-state index is 8.92. The lowest BCUT2D eigenvalue weighted by Gasteiger charge is -2.32. The van der Waals surface area contributed by atoms with E-state index in [2.05, 4.69) is 17.0 Å². The molecule has 1 aromatic rings. The molecule has 0 aromatic heterocycles. The lowest BCUT2D eigenvalue weighted by Crippen LogP contribution is -2.36. The van der Waals surface area contributed by atoms with Gasteiger partial charge in [-0.25, -0.2) is 0 Å². The van der Waals surface area contributed by atoms with Crippen molar-refractivity contribution in [3.8, 4) is 6.07 Å². The van der Waals surface area contributed by atoms with E-state index in [9.17, 15) is 0 Å². The molecule has 1 aromatic carbocycles. The topological polar surface area (TPSA) is 62.3 Å². The molecule has 4 nitrogen and oxygen atoms in total. The summed E-state index contributed by atoms with van der Waals surface area (Å²) in [7, 11) is 0. The molecule has 0 spiro atoms. The second-order valence-corrected chi connectivity index (χ2v) is 5.30.